The van der Waals surface area contributed by atoms with E-state index >= 15 is 0 Å². The molecule has 0 aliphatic carbocycles. The highest BCUT2D eigenvalue weighted by molar-refractivity contribution is 9.10. The number of hydrogen-bond donors (Lipinski definition) is 2. The number of primary amides is 1. The molecule has 2 rings (SSSR count). The number of nitrogen functional groups attached to an aromatic ring is 1. The molecule has 1 unspecified atom stereocenters. The molecule has 0 bridgehead atoms. The van der Waals surface area contributed by atoms with E-state index in [0.29, 0.717) is 12.8 Å². The number of carbonyl (C=O) groups is 1. The van der Waals surface area contributed by atoms with E-state index in [9.17, 15) is 17.6 Å². The molecule has 1 aromatic carbocycles. The van der Waals surface area contributed by atoms with Crippen LogP contribution in [0.2, 0.25) is 0 Å². The van der Waals surface area contributed by atoms with Crippen LogP contribution in [0.25, 0.3) is 0 Å². The highest BCUT2D eigenvalue weighted by Crippen LogP contribution is 2.30. The Bertz CT molecular complexity index is 681. The van der Waals surface area contributed by atoms with Crippen LogP contribution in [0.15, 0.2) is 21.5 Å². The summed E-state index contributed by atoms with van der Waals surface area (Å²) in [5.41, 5.74) is 10.9. The molecular weight excluding hydrogens is 365 g/mol. The van der Waals surface area contributed by atoms with E-state index < -0.39 is 32.6 Å². The molecule has 1 aliphatic heterocycles. The molecule has 9 heteroatoms. The average molecular weight is 380 g/mol. The molecule has 0 saturated carbocycles. The molecule has 4 N–H and O–H groups in total. The summed E-state index contributed by atoms with van der Waals surface area (Å²) in [6.07, 6.45) is 1.03. The normalized spacial score (nSPS) is 20.4. The van der Waals surface area contributed by atoms with Gasteiger partial charge < -0.3 is 11.5 Å². The Balaban J connectivity index is 2.40. The van der Waals surface area contributed by atoms with Crippen molar-refractivity contribution in [3.63, 3.8) is 0 Å². The number of rotatable bonds is 3. The Labute approximate surface area is 130 Å². The first-order chi connectivity index (χ1) is 9.73. The van der Waals surface area contributed by atoms with Gasteiger partial charge in [0.2, 0.25) is 15.9 Å². The molecule has 1 aliphatic rings. The van der Waals surface area contributed by atoms with Gasteiger partial charge in [0.05, 0.1) is 10.4 Å². The second-order valence-electron chi connectivity index (χ2n) is 4.92. The maximum Gasteiger partial charge on any atom is 0.246 e. The largest absolute Gasteiger partial charge is 0.399 e. The minimum atomic E-state index is -4.06. The van der Waals surface area contributed by atoms with E-state index in [1.165, 1.54) is 6.07 Å². The van der Waals surface area contributed by atoms with Crippen molar-refractivity contribution in [2.75, 3.05) is 18.8 Å². The molecule has 6 nitrogen and oxygen atoms in total. The number of anilines is 1. The molecule has 1 fully saturated rings. The van der Waals surface area contributed by atoms with Gasteiger partial charge in [0.25, 0.3) is 0 Å². The number of nitrogens with zero attached hydrogens (tertiary/aromatic N) is 1. The van der Waals surface area contributed by atoms with E-state index in [0.717, 1.165) is 10.4 Å². The van der Waals surface area contributed by atoms with Gasteiger partial charge in [-0.1, -0.05) is 0 Å². The van der Waals surface area contributed by atoms with Crippen molar-refractivity contribution in [1.82, 2.24) is 4.31 Å². The van der Waals surface area contributed by atoms with E-state index in [4.69, 9.17) is 11.5 Å². The smallest absolute Gasteiger partial charge is 0.246 e. The van der Waals surface area contributed by atoms with Crippen molar-refractivity contribution in [3.05, 3.63) is 22.4 Å². The monoisotopic (exact) mass is 379 g/mol. The van der Waals surface area contributed by atoms with E-state index in [-0.39, 0.29) is 23.2 Å². The Hall–Kier alpha value is -1.19. The van der Waals surface area contributed by atoms with Crippen molar-refractivity contribution >= 4 is 37.5 Å². The summed E-state index contributed by atoms with van der Waals surface area (Å²) < 4.78 is 40.2. The molecule has 1 heterocycles. The fourth-order valence-electron chi connectivity index (χ4n) is 2.30. The van der Waals surface area contributed by atoms with Crippen LogP contribution in [0.1, 0.15) is 12.8 Å². The van der Waals surface area contributed by atoms with Crippen LogP contribution in [0.4, 0.5) is 10.1 Å². The van der Waals surface area contributed by atoms with E-state index in [1.807, 2.05) is 0 Å². The standard InChI is InChI=1S/C12H15BrFN3O3S/c13-9-4-8(15)5-10(11(9)14)21(19,20)17-3-1-2-7(6-17)12(16)18/h4-5,7H,1-3,6,15H2,(H2,16,18). The van der Waals surface area contributed by atoms with Gasteiger partial charge in [-0.2, -0.15) is 4.31 Å². The fourth-order valence-corrected chi connectivity index (χ4v) is 4.56. The topological polar surface area (TPSA) is 106 Å². The van der Waals surface area contributed by atoms with Crippen LogP contribution < -0.4 is 11.5 Å². The predicted octanol–water partition coefficient (Wildman–Crippen LogP) is 1.06. The Morgan fingerprint density at radius 3 is 2.71 bits per heavy atom. The Morgan fingerprint density at radius 2 is 2.10 bits per heavy atom. The van der Waals surface area contributed by atoms with Crippen molar-refractivity contribution in [3.8, 4) is 0 Å². The molecule has 0 radical (unpaired) electrons. The predicted molar refractivity (Wildman–Crippen MR) is 79.2 cm³/mol. The highest BCUT2D eigenvalue weighted by atomic mass is 79.9. The summed E-state index contributed by atoms with van der Waals surface area (Å²) >= 11 is 2.94. The second-order valence-corrected chi connectivity index (χ2v) is 7.68. The average Bonchev–Trinajstić information content (AvgIpc) is 2.42. The van der Waals surface area contributed by atoms with Crippen molar-refractivity contribution in [2.45, 2.75) is 17.7 Å². The lowest BCUT2D eigenvalue weighted by atomic mass is 9.99. The van der Waals surface area contributed by atoms with Gasteiger partial charge in [-0.3, -0.25) is 4.79 Å². The summed E-state index contributed by atoms with van der Waals surface area (Å²) in [5, 5.41) is 0. The summed E-state index contributed by atoms with van der Waals surface area (Å²) in [7, 11) is -4.06. The second kappa shape index (κ2) is 5.90. The van der Waals surface area contributed by atoms with E-state index in [1.54, 1.807) is 0 Å². The van der Waals surface area contributed by atoms with Crippen molar-refractivity contribution in [2.24, 2.45) is 11.7 Å². The number of amides is 1. The number of carbonyl (C=O) groups excluding carboxylic acids is 1. The number of hydrogen-bond acceptors (Lipinski definition) is 4. The molecule has 1 saturated heterocycles. The lowest BCUT2D eigenvalue weighted by Crippen LogP contribution is -2.44. The quantitative estimate of drug-likeness (QED) is 0.765. The third kappa shape index (κ3) is 3.19. The van der Waals surface area contributed by atoms with Gasteiger partial charge in [0.15, 0.2) is 5.82 Å². The number of benzene rings is 1. The SMILES string of the molecule is NC(=O)C1CCCN(S(=O)(=O)c2cc(N)cc(Br)c2F)C1. The van der Waals surface area contributed by atoms with Gasteiger partial charge >= 0.3 is 0 Å². The first-order valence-electron chi connectivity index (χ1n) is 6.27. The van der Waals surface area contributed by atoms with Crippen LogP contribution in [0.5, 0.6) is 0 Å². The first kappa shape index (κ1) is 16.2. The zero-order valence-electron chi connectivity index (χ0n) is 11.1. The van der Waals surface area contributed by atoms with Crippen molar-refractivity contribution < 1.29 is 17.6 Å². The number of halogens is 2. The van der Waals surface area contributed by atoms with Gasteiger partial charge in [-0.05, 0) is 40.9 Å². The zero-order chi connectivity index (χ0) is 15.8. The summed E-state index contributed by atoms with van der Waals surface area (Å²) in [4.78, 5) is 10.7. The number of nitrogens with two attached hydrogens (primary N) is 2. The molecule has 0 aromatic heterocycles. The maximum atomic E-state index is 14.1. The molecule has 1 aromatic rings. The third-order valence-electron chi connectivity index (χ3n) is 3.42. The molecule has 1 amide bonds. The van der Waals surface area contributed by atoms with Gasteiger partial charge in [-0.15, -0.1) is 0 Å². The van der Waals surface area contributed by atoms with Crippen LogP contribution in [0, 0.1) is 11.7 Å². The van der Waals surface area contributed by atoms with Crippen LogP contribution in [-0.2, 0) is 14.8 Å². The highest BCUT2D eigenvalue weighted by Gasteiger charge is 2.34. The zero-order valence-corrected chi connectivity index (χ0v) is 13.5. The van der Waals surface area contributed by atoms with Crippen LogP contribution in [-0.4, -0.2) is 31.7 Å². The molecule has 1 atom stereocenters. The van der Waals surface area contributed by atoms with E-state index in [2.05, 4.69) is 15.9 Å². The van der Waals surface area contributed by atoms with Gasteiger partial charge in [0, 0.05) is 18.8 Å². The Morgan fingerprint density at radius 1 is 1.43 bits per heavy atom. The minimum Gasteiger partial charge on any atom is -0.399 e. The lowest BCUT2D eigenvalue weighted by Gasteiger charge is -2.30. The van der Waals surface area contributed by atoms with Crippen molar-refractivity contribution in [1.29, 1.82) is 0 Å². The molecule has 21 heavy (non-hydrogen) atoms. The van der Waals surface area contributed by atoms with Gasteiger partial charge in [0.1, 0.15) is 4.90 Å². The lowest BCUT2D eigenvalue weighted by molar-refractivity contribution is -0.122. The molecule has 116 valence electrons. The third-order valence-corrected chi connectivity index (χ3v) is 5.86. The Kier molecular flexibility index (Phi) is 4.54. The maximum absolute atomic E-state index is 14.1. The first-order valence-corrected chi connectivity index (χ1v) is 8.50. The number of piperidine rings is 1. The molecular formula is C12H15BrFN3O3S. The fraction of sp³-hybridized carbons (Fsp3) is 0.417. The number of sulfonamides is 1. The summed E-state index contributed by atoms with van der Waals surface area (Å²) in [5.74, 6) is -2.00. The summed E-state index contributed by atoms with van der Waals surface area (Å²) in [6, 6.07) is 2.36. The molecule has 0 spiro atoms. The van der Waals surface area contributed by atoms with Crippen LogP contribution >= 0.6 is 15.9 Å². The summed E-state index contributed by atoms with van der Waals surface area (Å²) in [6.45, 7) is 0.182. The minimum absolute atomic E-state index is 0.0236. The van der Waals surface area contributed by atoms with Crippen LogP contribution in [0.3, 0.4) is 0 Å². The van der Waals surface area contributed by atoms with Gasteiger partial charge in [-0.25, -0.2) is 12.8 Å².